The summed E-state index contributed by atoms with van der Waals surface area (Å²) in [6, 6.07) is 0.683. The molecule has 0 spiro atoms. The number of nitrogens with zero attached hydrogens (tertiary/aromatic N) is 3. The quantitative estimate of drug-likeness (QED) is 0.773. The Morgan fingerprint density at radius 3 is 2.93 bits per heavy atom. The zero-order valence-corrected chi connectivity index (χ0v) is 9.24. The molecular weight excluding hydrogens is 188 g/mol. The van der Waals surface area contributed by atoms with E-state index >= 15 is 0 Å². The second-order valence-corrected chi connectivity index (χ2v) is 4.74. The predicted octanol–water partition coefficient (Wildman–Crippen LogP) is 0.665. The summed E-state index contributed by atoms with van der Waals surface area (Å²) >= 11 is 0. The van der Waals surface area contributed by atoms with Gasteiger partial charge in [0, 0.05) is 37.3 Å². The average Bonchev–Trinajstić information content (AvgIpc) is 3.01. The van der Waals surface area contributed by atoms with Gasteiger partial charge in [-0.2, -0.15) is 5.10 Å². The van der Waals surface area contributed by atoms with Crippen molar-refractivity contribution >= 4 is 0 Å². The van der Waals surface area contributed by atoms with Gasteiger partial charge in [0.15, 0.2) is 0 Å². The topological polar surface area (TPSA) is 47.1 Å². The highest BCUT2D eigenvalue weighted by Crippen LogP contribution is 2.37. The molecule has 0 bridgehead atoms. The predicted molar refractivity (Wildman–Crippen MR) is 58.4 cm³/mol. The van der Waals surface area contributed by atoms with Gasteiger partial charge in [-0.3, -0.25) is 4.68 Å². The molecule has 1 aliphatic carbocycles. The van der Waals surface area contributed by atoms with Crippen LogP contribution in [0.5, 0.6) is 0 Å². The smallest absolute Gasteiger partial charge is 0.0808 e. The zero-order chi connectivity index (χ0) is 10.4. The van der Waals surface area contributed by atoms with Crippen LogP contribution in [0.1, 0.15) is 35.8 Å². The number of hydrogen-bond acceptors (Lipinski definition) is 3. The molecule has 1 saturated carbocycles. The first-order chi connectivity index (χ1) is 7.29. The fourth-order valence-corrected chi connectivity index (χ4v) is 2.43. The van der Waals surface area contributed by atoms with Crippen LogP contribution in [-0.2, 0) is 19.5 Å². The van der Waals surface area contributed by atoms with E-state index in [2.05, 4.69) is 21.7 Å². The van der Waals surface area contributed by atoms with Crippen LogP contribution in [0.4, 0.5) is 0 Å². The Morgan fingerprint density at radius 1 is 1.47 bits per heavy atom. The van der Waals surface area contributed by atoms with E-state index in [1.165, 1.54) is 24.1 Å². The van der Waals surface area contributed by atoms with Crippen molar-refractivity contribution in [2.75, 3.05) is 13.6 Å². The molecule has 1 aromatic heterocycles. The number of nitrogens with two attached hydrogens (primary N) is 1. The van der Waals surface area contributed by atoms with Crippen molar-refractivity contribution in [2.45, 2.75) is 38.4 Å². The lowest BCUT2D eigenvalue weighted by molar-refractivity contribution is 0.306. The molecule has 2 heterocycles. The van der Waals surface area contributed by atoms with Crippen LogP contribution < -0.4 is 5.73 Å². The van der Waals surface area contributed by atoms with Crippen molar-refractivity contribution in [1.82, 2.24) is 14.7 Å². The molecule has 1 fully saturated rings. The Labute approximate surface area is 90.0 Å². The fraction of sp³-hybridized carbons (Fsp3) is 0.727. The maximum atomic E-state index is 5.76. The molecule has 82 valence electrons. The molecule has 4 heteroatoms. The first kappa shape index (κ1) is 9.36. The number of aromatic nitrogens is 2. The van der Waals surface area contributed by atoms with Crippen LogP contribution in [-0.4, -0.2) is 28.3 Å². The first-order valence-corrected chi connectivity index (χ1v) is 5.77. The largest absolute Gasteiger partial charge is 0.325 e. The van der Waals surface area contributed by atoms with Gasteiger partial charge in [-0.25, -0.2) is 0 Å². The van der Waals surface area contributed by atoms with Gasteiger partial charge >= 0.3 is 0 Å². The standard InChI is InChI=1S/C11H18N4/c1-14-5-4-11-9(7-14)10(6-12)13-15(11)8-2-3-8/h8H,2-7,12H2,1H3. The molecule has 0 saturated heterocycles. The summed E-state index contributed by atoms with van der Waals surface area (Å²) in [5.74, 6) is 0. The van der Waals surface area contributed by atoms with E-state index in [0.29, 0.717) is 12.6 Å². The highest BCUT2D eigenvalue weighted by Gasteiger charge is 2.31. The molecule has 1 aromatic rings. The number of hydrogen-bond donors (Lipinski definition) is 1. The van der Waals surface area contributed by atoms with E-state index in [1.54, 1.807) is 0 Å². The summed E-state index contributed by atoms with van der Waals surface area (Å²) in [5.41, 5.74) is 9.73. The highest BCUT2D eigenvalue weighted by atomic mass is 15.3. The van der Waals surface area contributed by atoms with Gasteiger partial charge in [0.25, 0.3) is 0 Å². The van der Waals surface area contributed by atoms with Crippen LogP contribution in [0.2, 0.25) is 0 Å². The lowest BCUT2D eigenvalue weighted by Gasteiger charge is -2.23. The molecule has 4 nitrogen and oxygen atoms in total. The molecule has 1 aliphatic heterocycles. The maximum Gasteiger partial charge on any atom is 0.0808 e. The van der Waals surface area contributed by atoms with Gasteiger partial charge in [0.2, 0.25) is 0 Å². The Bertz CT molecular complexity index is 378. The van der Waals surface area contributed by atoms with E-state index in [0.717, 1.165) is 25.2 Å². The van der Waals surface area contributed by atoms with Crippen molar-refractivity contribution in [3.05, 3.63) is 17.0 Å². The molecule has 0 atom stereocenters. The van der Waals surface area contributed by atoms with E-state index in [-0.39, 0.29) is 0 Å². The van der Waals surface area contributed by atoms with Crippen LogP contribution in [0, 0.1) is 0 Å². The minimum atomic E-state index is 0.579. The van der Waals surface area contributed by atoms with Crippen LogP contribution in [0.15, 0.2) is 0 Å². The van der Waals surface area contributed by atoms with Gasteiger partial charge in [-0.05, 0) is 19.9 Å². The molecular formula is C11H18N4. The van der Waals surface area contributed by atoms with Crippen molar-refractivity contribution in [1.29, 1.82) is 0 Å². The normalized spacial score (nSPS) is 21.7. The molecule has 0 amide bonds. The second-order valence-electron chi connectivity index (χ2n) is 4.74. The fourth-order valence-electron chi connectivity index (χ4n) is 2.43. The summed E-state index contributed by atoms with van der Waals surface area (Å²) in [6.45, 7) is 2.75. The number of rotatable bonds is 2. The SMILES string of the molecule is CN1CCc2c(c(CN)nn2C2CC2)C1. The summed E-state index contributed by atoms with van der Waals surface area (Å²) in [7, 11) is 2.16. The lowest BCUT2D eigenvalue weighted by Crippen LogP contribution is -2.27. The van der Waals surface area contributed by atoms with Crippen molar-refractivity contribution in [2.24, 2.45) is 5.73 Å². The minimum Gasteiger partial charge on any atom is -0.325 e. The summed E-state index contributed by atoms with van der Waals surface area (Å²) in [5, 5.41) is 4.67. The summed E-state index contributed by atoms with van der Waals surface area (Å²) in [4.78, 5) is 2.35. The monoisotopic (exact) mass is 206 g/mol. The van der Waals surface area contributed by atoms with Gasteiger partial charge in [-0.15, -0.1) is 0 Å². The van der Waals surface area contributed by atoms with Gasteiger partial charge in [0.05, 0.1) is 11.7 Å². The van der Waals surface area contributed by atoms with E-state index in [9.17, 15) is 0 Å². The number of likely N-dealkylation sites (N-methyl/N-ethyl adjacent to an activating group) is 1. The molecule has 0 unspecified atom stereocenters. The molecule has 15 heavy (non-hydrogen) atoms. The Hall–Kier alpha value is -0.870. The highest BCUT2D eigenvalue weighted by molar-refractivity contribution is 5.29. The zero-order valence-electron chi connectivity index (χ0n) is 9.24. The third-order valence-electron chi connectivity index (χ3n) is 3.45. The third kappa shape index (κ3) is 1.48. The molecule has 3 rings (SSSR count). The number of fused-ring (bicyclic) bond motifs is 1. The van der Waals surface area contributed by atoms with Gasteiger partial charge in [0.1, 0.15) is 0 Å². The summed E-state index contributed by atoms with van der Waals surface area (Å²) < 4.78 is 2.25. The van der Waals surface area contributed by atoms with Crippen LogP contribution >= 0.6 is 0 Å². The van der Waals surface area contributed by atoms with E-state index < -0.39 is 0 Å². The summed E-state index contributed by atoms with van der Waals surface area (Å²) in [6.07, 6.45) is 3.73. The molecule has 2 aliphatic rings. The van der Waals surface area contributed by atoms with Crippen LogP contribution in [0.25, 0.3) is 0 Å². The second kappa shape index (κ2) is 3.32. The Kier molecular flexibility index (Phi) is 2.07. The van der Waals surface area contributed by atoms with E-state index in [1.807, 2.05) is 0 Å². The van der Waals surface area contributed by atoms with Gasteiger partial charge < -0.3 is 10.6 Å². The molecule has 0 radical (unpaired) electrons. The van der Waals surface area contributed by atoms with Crippen molar-refractivity contribution < 1.29 is 0 Å². The Morgan fingerprint density at radius 2 is 2.27 bits per heavy atom. The first-order valence-electron chi connectivity index (χ1n) is 5.77. The average molecular weight is 206 g/mol. The van der Waals surface area contributed by atoms with Crippen molar-refractivity contribution in [3.8, 4) is 0 Å². The molecule has 2 N–H and O–H groups in total. The Balaban J connectivity index is 2.04. The third-order valence-corrected chi connectivity index (χ3v) is 3.45. The van der Waals surface area contributed by atoms with Crippen molar-refractivity contribution in [3.63, 3.8) is 0 Å². The van der Waals surface area contributed by atoms with Crippen LogP contribution in [0.3, 0.4) is 0 Å². The van der Waals surface area contributed by atoms with E-state index in [4.69, 9.17) is 5.73 Å². The van der Waals surface area contributed by atoms with Gasteiger partial charge in [-0.1, -0.05) is 0 Å². The minimum absolute atomic E-state index is 0.579. The lowest BCUT2D eigenvalue weighted by atomic mass is 10.1. The molecule has 0 aromatic carbocycles. The maximum absolute atomic E-state index is 5.76.